The molecule has 27 heteroatoms. The molecular formula is C59H96O27. The average Bonchev–Trinajstić information content (AvgIpc) is 0.672. The lowest BCUT2D eigenvalue weighted by atomic mass is 9.32. The van der Waals surface area contributed by atoms with Crippen LogP contribution in [0, 0.1) is 56.2 Å². The minimum atomic E-state index is -2.02. The highest BCUT2D eigenvalue weighted by Crippen LogP contribution is 2.76. The molecule has 4 heterocycles. The first kappa shape index (κ1) is 68.1. The molecular weight excluding hydrogens is 1140 g/mol. The highest BCUT2D eigenvalue weighted by atomic mass is 16.8. The van der Waals surface area contributed by atoms with Crippen molar-refractivity contribution < 1.29 is 134 Å². The first-order valence-electron chi connectivity index (χ1n) is 30.4. The van der Waals surface area contributed by atoms with Gasteiger partial charge >= 0.3 is 11.9 Å². The van der Waals surface area contributed by atoms with Crippen molar-refractivity contribution in [3.63, 3.8) is 0 Å². The van der Waals surface area contributed by atoms with Gasteiger partial charge in [-0.15, -0.1) is 0 Å². The van der Waals surface area contributed by atoms with E-state index in [0.29, 0.717) is 38.5 Å². The summed E-state index contributed by atoms with van der Waals surface area (Å²) >= 11 is 0. The second-order valence-electron chi connectivity index (χ2n) is 28.3. The van der Waals surface area contributed by atoms with Crippen molar-refractivity contribution in [1.82, 2.24) is 0 Å². The molecule has 15 N–H and O–H groups in total. The van der Waals surface area contributed by atoms with E-state index in [4.69, 9.17) is 47.4 Å². The third kappa shape index (κ3) is 11.0. The van der Waals surface area contributed by atoms with Crippen LogP contribution in [0.2, 0.25) is 0 Å². The summed E-state index contributed by atoms with van der Waals surface area (Å²) in [5.41, 5.74) is -4.86. The van der Waals surface area contributed by atoms with Gasteiger partial charge in [-0.1, -0.05) is 74.0 Å². The van der Waals surface area contributed by atoms with Crippen LogP contribution in [0.1, 0.15) is 108 Å². The molecule has 0 aromatic carbocycles. The maximum Gasteiger partial charge on any atom is 0.308 e. The van der Waals surface area contributed by atoms with Crippen molar-refractivity contribution in [3.05, 3.63) is 11.6 Å². The van der Waals surface area contributed by atoms with E-state index >= 15 is 0 Å². The molecule has 0 aromatic rings. The minimum absolute atomic E-state index is 0.152. The summed E-state index contributed by atoms with van der Waals surface area (Å²) in [5, 5.41) is 167. The van der Waals surface area contributed by atoms with Crippen molar-refractivity contribution in [2.24, 2.45) is 56.2 Å². The summed E-state index contributed by atoms with van der Waals surface area (Å²) in [5.74, 6) is -2.76. The zero-order valence-electron chi connectivity index (χ0n) is 50.6. The minimum Gasteiger partial charge on any atom is -0.458 e. The number of hydrogen-bond donors (Lipinski definition) is 15. The van der Waals surface area contributed by atoms with Gasteiger partial charge in [0.05, 0.1) is 62.7 Å². The first-order chi connectivity index (χ1) is 40.1. The molecule has 31 atom stereocenters. The lowest BCUT2D eigenvalue weighted by Crippen LogP contribution is -2.76. The highest BCUT2D eigenvalue weighted by molar-refractivity contribution is 5.72. The summed E-state index contributed by atoms with van der Waals surface area (Å²) in [6.07, 6.45) is -35.3. The maximum absolute atomic E-state index is 13.3. The van der Waals surface area contributed by atoms with Crippen LogP contribution in [0.4, 0.5) is 0 Å². The number of aliphatic hydroxyl groups is 15. The van der Waals surface area contributed by atoms with Crippen LogP contribution in [-0.2, 0) is 57.0 Å². The second-order valence-corrected chi connectivity index (χ2v) is 28.3. The zero-order chi connectivity index (χ0) is 63.5. The van der Waals surface area contributed by atoms with Crippen LogP contribution in [0.3, 0.4) is 0 Å². The van der Waals surface area contributed by atoms with Gasteiger partial charge in [-0.3, -0.25) is 9.59 Å². The largest absolute Gasteiger partial charge is 0.458 e. The van der Waals surface area contributed by atoms with Gasteiger partial charge in [0.1, 0.15) is 97.7 Å². The van der Waals surface area contributed by atoms with Crippen molar-refractivity contribution in [3.8, 4) is 0 Å². The Labute approximate surface area is 500 Å². The quantitative estimate of drug-likeness (QED) is 0.0435. The number of carbonyl (C=O) groups is 2. The summed E-state index contributed by atoms with van der Waals surface area (Å²) in [6, 6.07) is 0. The Morgan fingerprint density at radius 3 is 1.74 bits per heavy atom. The molecule has 86 heavy (non-hydrogen) atoms. The Balaban J connectivity index is 1.05. The molecule has 0 aromatic heterocycles. The number of allylic oxidation sites excluding steroid dienone is 1. The van der Waals surface area contributed by atoms with Gasteiger partial charge in [-0.25, -0.2) is 0 Å². The molecule has 0 amide bonds. The number of hydrogen-bond acceptors (Lipinski definition) is 27. The van der Waals surface area contributed by atoms with Gasteiger partial charge in [-0.05, 0) is 72.5 Å². The Morgan fingerprint density at radius 1 is 0.616 bits per heavy atom. The summed E-state index contributed by atoms with van der Waals surface area (Å²) < 4.78 is 61.2. The van der Waals surface area contributed by atoms with Crippen molar-refractivity contribution in [2.45, 2.75) is 255 Å². The molecule has 27 nitrogen and oxygen atoms in total. The number of ether oxygens (including phenoxy) is 10. The van der Waals surface area contributed by atoms with Gasteiger partial charge in [0.25, 0.3) is 0 Å². The normalized spacial score (nSPS) is 51.7. The Bertz CT molecular complexity index is 2410. The van der Waals surface area contributed by atoms with Crippen LogP contribution < -0.4 is 0 Å². The fraction of sp³-hybridized carbons (Fsp3) is 0.932. The highest BCUT2D eigenvalue weighted by Gasteiger charge is 2.76. The number of esters is 2. The van der Waals surface area contributed by atoms with E-state index in [1.54, 1.807) is 13.8 Å². The van der Waals surface area contributed by atoms with Crippen LogP contribution in [0.25, 0.3) is 0 Å². The molecule has 9 aliphatic rings. The zero-order valence-corrected chi connectivity index (χ0v) is 50.6. The lowest BCUT2D eigenvalue weighted by Gasteiger charge is -2.73. The molecule has 494 valence electrons. The van der Waals surface area contributed by atoms with Crippen LogP contribution in [0.5, 0.6) is 0 Å². The standard InChI is InChI=1S/C59H96O27/c1-23(2)49(76)86-47-48(79-24(3)63)59(22-62)26(17-54(47,4)5)25-11-12-32-56(8)15-14-33(55(6,7)31(56)13-16-57(32,9)58(25,10)45(74)46(59)75)83-53-44(85-52-41(72)38(69)36(67)29(19-61)81-52)42(73)43(84-51-40(71)37(68)35(66)28(18-60)80-51)30(82-53)21-78-50-39(70)34(65)27(64)20-77-50/h11,23,26-48,50-53,60-62,64-75H,12-22H2,1-10H3. The topological polar surface area (TPSA) is 430 Å². The fourth-order valence-corrected chi connectivity index (χ4v) is 17.4. The fourth-order valence-electron chi connectivity index (χ4n) is 17.4. The first-order valence-corrected chi connectivity index (χ1v) is 30.4. The Morgan fingerprint density at radius 2 is 1.19 bits per heavy atom. The SMILES string of the molecule is CC(=O)OC1C(OC(=O)C(C)C)C(C)(C)CC2C3=CCC4C5(C)CCC(OC6OC(COC7OCC(O)C(O)C7O)C(OC7OC(CO)C(O)C(O)C7O)C(O)C6OC6OC(CO)C(O)C(O)C6O)C(C)(C)C5CCC4(C)C3(C)C(O)C(O)C21CO. The molecule has 0 spiro atoms. The Kier molecular flexibility index (Phi) is 19.8. The monoisotopic (exact) mass is 1240 g/mol. The molecule has 8 fully saturated rings. The maximum atomic E-state index is 13.3. The number of rotatable bonds is 15. The molecule has 0 bridgehead atoms. The Hall–Kier alpha value is -2.24. The summed E-state index contributed by atoms with van der Waals surface area (Å²) in [7, 11) is 0. The van der Waals surface area contributed by atoms with Crippen molar-refractivity contribution in [1.29, 1.82) is 0 Å². The average molecular weight is 1240 g/mol. The number of aliphatic hydroxyl groups excluding tert-OH is 15. The van der Waals surface area contributed by atoms with E-state index in [2.05, 4.69) is 19.9 Å². The van der Waals surface area contributed by atoms with E-state index in [0.717, 1.165) is 5.57 Å². The van der Waals surface area contributed by atoms with Gasteiger partial charge in [-0.2, -0.15) is 0 Å². The molecule has 4 aliphatic heterocycles. The third-order valence-corrected chi connectivity index (χ3v) is 22.5. The molecule has 31 unspecified atom stereocenters. The van der Waals surface area contributed by atoms with Crippen molar-refractivity contribution in [2.75, 3.05) is 33.0 Å². The number of fused-ring (bicyclic) bond motifs is 7. The van der Waals surface area contributed by atoms with Crippen LogP contribution in [-0.4, -0.2) is 269 Å². The summed E-state index contributed by atoms with van der Waals surface area (Å²) in [6.45, 7) is 15.3. The van der Waals surface area contributed by atoms with Gasteiger partial charge in [0, 0.05) is 17.8 Å². The smallest absolute Gasteiger partial charge is 0.308 e. The van der Waals surface area contributed by atoms with E-state index in [9.17, 15) is 86.2 Å². The third-order valence-electron chi connectivity index (χ3n) is 22.5. The van der Waals surface area contributed by atoms with Crippen LogP contribution in [0.15, 0.2) is 11.6 Å². The van der Waals surface area contributed by atoms with Gasteiger partial charge in [0.15, 0.2) is 31.3 Å². The van der Waals surface area contributed by atoms with E-state index in [-0.39, 0.29) is 11.8 Å². The van der Waals surface area contributed by atoms with E-state index in [1.165, 1.54) is 6.92 Å². The predicted molar refractivity (Wildman–Crippen MR) is 290 cm³/mol. The lowest BCUT2D eigenvalue weighted by molar-refractivity contribution is -0.398. The number of carbonyl (C=O) groups excluding carboxylic acids is 2. The van der Waals surface area contributed by atoms with E-state index in [1.807, 2.05) is 34.6 Å². The molecule has 0 radical (unpaired) electrons. The van der Waals surface area contributed by atoms with Gasteiger partial charge in [0.2, 0.25) is 0 Å². The van der Waals surface area contributed by atoms with Crippen molar-refractivity contribution >= 4 is 11.9 Å². The predicted octanol–water partition coefficient (Wildman–Crippen LogP) is -3.26. The molecule has 4 saturated heterocycles. The molecule has 4 saturated carbocycles. The molecule has 5 aliphatic carbocycles. The second kappa shape index (κ2) is 25.0. The van der Waals surface area contributed by atoms with E-state index < -0.39 is 237 Å². The van der Waals surface area contributed by atoms with Crippen LogP contribution >= 0.6 is 0 Å². The van der Waals surface area contributed by atoms with Gasteiger partial charge < -0.3 is 124 Å². The molecule has 9 rings (SSSR count). The summed E-state index contributed by atoms with van der Waals surface area (Å²) in [4.78, 5) is 26.3.